The van der Waals surface area contributed by atoms with Crippen molar-refractivity contribution in [2.24, 2.45) is 0 Å². The van der Waals surface area contributed by atoms with Crippen molar-refractivity contribution in [2.45, 2.75) is 52.4 Å². The molecule has 1 fully saturated rings. The number of hydrogen-bond acceptors (Lipinski definition) is 7. The maximum atomic E-state index is 14.4. The van der Waals surface area contributed by atoms with Gasteiger partial charge in [-0.2, -0.15) is 19.6 Å². The van der Waals surface area contributed by atoms with Crippen LogP contribution in [0.4, 0.5) is 10.1 Å². The van der Waals surface area contributed by atoms with Crippen molar-refractivity contribution < 1.29 is 14.2 Å². The van der Waals surface area contributed by atoms with Crippen LogP contribution in [0, 0.1) is 19.8 Å². The number of aryl methyl sites for hydroxylation is 1. The predicted octanol–water partition coefficient (Wildman–Crippen LogP) is 2.87. The van der Waals surface area contributed by atoms with E-state index < -0.39 is 17.1 Å². The lowest BCUT2D eigenvalue weighted by atomic mass is 10.0. The molecule has 1 aliphatic heterocycles. The van der Waals surface area contributed by atoms with Gasteiger partial charge in [0.15, 0.2) is 0 Å². The highest BCUT2D eigenvalue weighted by atomic mass is 35.5. The van der Waals surface area contributed by atoms with E-state index in [1.807, 2.05) is 18.7 Å². The third kappa shape index (κ3) is 5.01. The molecule has 176 valence electrons. The van der Waals surface area contributed by atoms with E-state index in [2.05, 4.69) is 20.3 Å². The fourth-order valence-corrected chi connectivity index (χ4v) is 4.33. The first-order valence-corrected chi connectivity index (χ1v) is 11.0. The number of H-pyrrole nitrogens is 1. The van der Waals surface area contributed by atoms with Crippen LogP contribution in [0.15, 0.2) is 23.1 Å². The second-order valence-electron chi connectivity index (χ2n) is 8.91. The van der Waals surface area contributed by atoms with E-state index in [1.54, 1.807) is 24.6 Å². The largest absolute Gasteiger partial charge is 0.472 e. The normalized spacial score (nSPS) is 16.5. The average molecular weight is 477 g/mol. The van der Waals surface area contributed by atoms with Crippen molar-refractivity contribution in [3.05, 3.63) is 51.0 Å². The number of nitrogens with zero attached hydrogens (tertiary/aromatic N) is 5. The Hall–Kier alpha value is -2.98. The summed E-state index contributed by atoms with van der Waals surface area (Å²) in [6, 6.07) is 3.04. The van der Waals surface area contributed by atoms with Gasteiger partial charge in [-0.15, -0.1) is 0 Å². The van der Waals surface area contributed by atoms with Crippen LogP contribution in [0.1, 0.15) is 31.7 Å². The zero-order valence-corrected chi connectivity index (χ0v) is 19.6. The van der Waals surface area contributed by atoms with E-state index in [0.29, 0.717) is 37.3 Å². The number of ether oxygens (including phenoxy) is 1. The molecular formula is C22H26ClFN6O3. The summed E-state index contributed by atoms with van der Waals surface area (Å²) in [5, 5.41) is 20.9. The lowest BCUT2D eigenvalue weighted by Gasteiger charge is -2.19. The van der Waals surface area contributed by atoms with E-state index in [0.717, 1.165) is 17.0 Å². The smallest absolute Gasteiger partial charge is 0.285 e. The van der Waals surface area contributed by atoms with Gasteiger partial charge < -0.3 is 14.7 Å². The van der Waals surface area contributed by atoms with Crippen molar-refractivity contribution in [1.82, 2.24) is 25.0 Å². The van der Waals surface area contributed by atoms with Crippen LogP contribution in [0.25, 0.3) is 11.1 Å². The Morgan fingerprint density at radius 3 is 2.85 bits per heavy atom. The monoisotopic (exact) mass is 476 g/mol. The van der Waals surface area contributed by atoms with Crippen LogP contribution in [-0.4, -0.2) is 54.9 Å². The van der Waals surface area contributed by atoms with Gasteiger partial charge in [-0.1, -0.05) is 11.6 Å². The molecule has 1 aliphatic rings. The summed E-state index contributed by atoms with van der Waals surface area (Å²) in [6.07, 6.45) is 1.89. The Morgan fingerprint density at radius 2 is 2.12 bits per heavy atom. The summed E-state index contributed by atoms with van der Waals surface area (Å²) in [5.74, 6) is -0.491. The Bertz CT molecular complexity index is 1240. The van der Waals surface area contributed by atoms with Crippen LogP contribution in [0.2, 0.25) is 5.02 Å². The molecule has 4 rings (SSSR count). The first kappa shape index (κ1) is 23.2. The topological polar surface area (TPSA) is 109 Å². The second kappa shape index (κ2) is 8.75. The molecule has 0 aliphatic carbocycles. The highest BCUT2D eigenvalue weighted by Crippen LogP contribution is 2.32. The van der Waals surface area contributed by atoms with Gasteiger partial charge >= 0.3 is 0 Å². The van der Waals surface area contributed by atoms with Gasteiger partial charge in [-0.25, -0.2) is 5.10 Å². The molecule has 2 N–H and O–H groups in total. The lowest BCUT2D eigenvalue weighted by molar-refractivity contribution is 0.0570. The number of aromatic amines is 1. The van der Waals surface area contributed by atoms with Crippen LogP contribution in [0.3, 0.4) is 0 Å². The molecule has 3 aromatic rings. The van der Waals surface area contributed by atoms with Crippen LogP contribution < -0.4 is 15.2 Å². The van der Waals surface area contributed by atoms with Gasteiger partial charge in [-0.05, 0) is 33.3 Å². The number of rotatable bonds is 6. The van der Waals surface area contributed by atoms with Crippen LogP contribution in [-0.2, 0) is 6.54 Å². The lowest BCUT2D eigenvalue weighted by Crippen LogP contribution is -2.27. The number of aliphatic hydroxyl groups is 1. The van der Waals surface area contributed by atoms with Crippen molar-refractivity contribution >= 4 is 17.3 Å². The fourth-order valence-electron chi connectivity index (χ4n) is 4.12. The Kier molecular flexibility index (Phi) is 6.15. The fraction of sp³-hybridized carbons (Fsp3) is 0.455. The molecule has 4 heterocycles. The summed E-state index contributed by atoms with van der Waals surface area (Å²) in [5.41, 5.74) is 2.06. The molecule has 0 unspecified atom stereocenters. The van der Waals surface area contributed by atoms with E-state index in [-0.39, 0.29) is 17.0 Å². The Balaban J connectivity index is 1.56. The first-order valence-electron chi connectivity index (χ1n) is 10.6. The van der Waals surface area contributed by atoms with Crippen LogP contribution >= 0.6 is 11.6 Å². The minimum absolute atomic E-state index is 0.0748. The number of anilines is 1. The molecule has 0 aromatic carbocycles. The standard InChI is InChI=1S/C22H26ClFN6O3/c1-12-19(13(2)30(28-12)11-22(3,4)32)14-7-17(24)26-18(8-14)33-15-5-6-29(10-15)16-9-25-27-21(31)20(16)23/h7-9,15,32H,5-6,10-11H2,1-4H3,(H,27,31)/t15-/m1/s1. The van der Waals surface area contributed by atoms with Gasteiger partial charge in [0, 0.05) is 36.4 Å². The first-order chi connectivity index (χ1) is 15.5. The van der Waals surface area contributed by atoms with Gasteiger partial charge in [0.05, 0.1) is 36.3 Å². The summed E-state index contributed by atoms with van der Waals surface area (Å²) in [6.45, 7) is 8.53. The second-order valence-corrected chi connectivity index (χ2v) is 9.28. The number of hydrogen-bond donors (Lipinski definition) is 2. The van der Waals surface area contributed by atoms with Gasteiger partial charge in [0.2, 0.25) is 11.8 Å². The molecule has 0 saturated carbocycles. The molecular weight excluding hydrogens is 451 g/mol. The summed E-state index contributed by atoms with van der Waals surface area (Å²) >= 11 is 6.11. The maximum Gasteiger partial charge on any atom is 0.285 e. The third-order valence-electron chi connectivity index (χ3n) is 5.53. The predicted molar refractivity (Wildman–Crippen MR) is 122 cm³/mol. The molecule has 33 heavy (non-hydrogen) atoms. The van der Waals surface area contributed by atoms with Crippen molar-refractivity contribution in [2.75, 3.05) is 18.0 Å². The zero-order chi connectivity index (χ0) is 23.9. The van der Waals surface area contributed by atoms with Gasteiger partial charge in [0.1, 0.15) is 11.1 Å². The number of nitrogens with one attached hydrogen (secondary N) is 1. The highest BCUT2D eigenvalue weighted by molar-refractivity contribution is 6.33. The molecule has 1 atom stereocenters. The van der Waals surface area contributed by atoms with E-state index in [9.17, 15) is 14.3 Å². The van der Waals surface area contributed by atoms with E-state index >= 15 is 0 Å². The zero-order valence-electron chi connectivity index (χ0n) is 18.9. The summed E-state index contributed by atoms with van der Waals surface area (Å²) in [7, 11) is 0. The average Bonchev–Trinajstić information content (AvgIpc) is 3.26. The van der Waals surface area contributed by atoms with Gasteiger partial charge in [-0.3, -0.25) is 9.48 Å². The summed E-state index contributed by atoms with van der Waals surface area (Å²) in [4.78, 5) is 17.5. The quantitative estimate of drug-likeness (QED) is 0.526. The van der Waals surface area contributed by atoms with Crippen LogP contribution in [0.5, 0.6) is 5.88 Å². The number of pyridine rings is 1. The molecule has 1 saturated heterocycles. The Labute approximate surface area is 195 Å². The minimum atomic E-state index is -0.936. The molecule has 11 heteroatoms. The van der Waals surface area contributed by atoms with Crippen molar-refractivity contribution in [1.29, 1.82) is 0 Å². The van der Waals surface area contributed by atoms with Gasteiger partial charge in [0.25, 0.3) is 5.56 Å². The molecule has 3 aromatic heterocycles. The molecule has 0 bridgehead atoms. The minimum Gasteiger partial charge on any atom is -0.472 e. The number of halogens is 2. The SMILES string of the molecule is Cc1nn(CC(C)(C)O)c(C)c1-c1cc(F)nc(O[C@@H]2CCN(c3cn[nH]c(=O)c3Cl)C2)c1. The number of aromatic nitrogens is 5. The molecule has 0 radical (unpaired) electrons. The summed E-state index contributed by atoms with van der Waals surface area (Å²) < 4.78 is 22.2. The molecule has 0 spiro atoms. The maximum absolute atomic E-state index is 14.4. The van der Waals surface area contributed by atoms with E-state index in [4.69, 9.17) is 16.3 Å². The molecule has 9 nitrogen and oxygen atoms in total. The highest BCUT2D eigenvalue weighted by Gasteiger charge is 2.27. The van der Waals surface area contributed by atoms with Crippen molar-refractivity contribution in [3.63, 3.8) is 0 Å². The van der Waals surface area contributed by atoms with Crippen molar-refractivity contribution in [3.8, 4) is 17.0 Å². The molecule has 0 amide bonds. The Morgan fingerprint density at radius 1 is 1.36 bits per heavy atom. The van der Waals surface area contributed by atoms with E-state index in [1.165, 1.54) is 12.3 Å². The third-order valence-corrected chi connectivity index (χ3v) is 5.89.